The van der Waals surface area contributed by atoms with Gasteiger partial charge >= 0.3 is 29.6 Å². The molecule has 41 heavy (non-hydrogen) atoms. The van der Waals surface area contributed by atoms with Gasteiger partial charge < -0.3 is 18.3 Å². The average Bonchev–Trinajstić information content (AvgIpc) is 3.49. The number of hydrogen-bond donors (Lipinski definition) is 2. The van der Waals surface area contributed by atoms with E-state index in [0.717, 1.165) is 64.9 Å². The van der Waals surface area contributed by atoms with Gasteiger partial charge in [0.1, 0.15) is 6.04 Å². The van der Waals surface area contributed by atoms with Gasteiger partial charge in [0, 0.05) is 30.5 Å². The molecule has 0 spiro atoms. The van der Waals surface area contributed by atoms with Gasteiger partial charge in [0.05, 0.1) is 16.7 Å². The fraction of sp³-hybridized carbons (Fsp3) is 0.310. The standard InChI is InChI=1S/C29H26N5O5S.Na/c35-25-9-8-24(27(36)32-25)34-23-7-5-18(19-2-1-3-20(26(19)23)28(34)37)17-10-12-33(13-11-17)29-30-21-6-4-16(15-40(38)39)14-22(21)31-29;/h1-7,14,17,24H,8-13,15H2,(H,30,31)(H,32,35,36);/q-1;+1. The number of imide groups is 1. The Bertz CT molecular complexity index is 1800. The summed E-state index contributed by atoms with van der Waals surface area (Å²) in [5.41, 5.74) is 4.86. The zero-order valence-corrected chi connectivity index (χ0v) is 25.3. The fourth-order valence-corrected chi connectivity index (χ4v) is 6.90. The quantitative estimate of drug-likeness (QED) is 0.202. The second kappa shape index (κ2) is 10.9. The van der Waals surface area contributed by atoms with E-state index in [2.05, 4.69) is 27.3 Å². The first-order valence-corrected chi connectivity index (χ1v) is 14.6. The maximum absolute atomic E-state index is 13.5. The molecular formula is C29H26N5NaO5S. The molecule has 204 valence electrons. The van der Waals surface area contributed by atoms with E-state index < -0.39 is 22.7 Å². The molecule has 3 amide bonds. The summed E-state index contributed by atoms with van der Waals surface area (Å²) in [7, 11) is -2.14. The Balaban J connectivity index is 0.00000302. The first-order valence-electron chi connectivity index (χ1n) is 13.4. The number of nitrogens with zero attached hydrogens (tertiary/aromatic N) is 3. The number of carbonyl (C=O) groups excluding carboxylic acids is 3. The van der Waals surface area contributed by atoms with Gasteiger partial charge in [-0.15, -0.1) is 0 Å². The van der Waals surface area contributed by atoms with E-state index in [1.165, 1.54) is 5.56 Å². The van der Waals surface area contributed by atoms with Gasteiger partial charge in [-0.3, -0.25) is 24.6 Å². The van der Waals surface area contributed by atoms with Crippen LogP contribution in [0.15, 0.2) is 48.5 Å². The zero-order valence-electron chi connectivity index (χ0n) is 22.5. The van der Waals surface area contributed by atoms with Crippen molar-refractivity contribution in [1.29, 1.82) is 0 Å². The second-order valence-electron chi connectivity index (χ2n) is 10.7. The molecule has 2 N–H and O–H groups in total. The van der Waals surface area contributed by atoms with E-state index in [0.29, 0.717) is 17.9 Å². The van der Waals surface area contributed by atoms with Gasteiger partial charge in [0.15, 0.2) is 0 Å². The number of rotatable bonds is 5. The van der Waals surface area contributed by atoms with E-state index in [1.807, 2.05) is 30.3 Å². The van der Waals surface area contributed by atoms with Gasteiger partial charge in [0.25, 0.3) is 5.91 Å². The molecule has 1 atom stereocenters. The number of H-pyrrole nitrogens is 1. The maximum Gasteiger partial charge on any atom is 1.00 e. The minimum absolute atomic E-state index is 0. The monoisotopic (exact) mass is 579 g/mol. The summed E-state index contributed by atoms with van der Waals surface area (Å²) in [5, 5.41) is 4.29. The van der Waals surface area contributed by atoms with Gasteiger partial charge in [-0.2, -0.15) is 0 Å². The van der Waals surface area contributed by atoms with Crippen molar-refractivity contribution in [1.82, 2.24) is 15.3 Å². The second-order valence-corrected chi connectivity index (χ2v) is 11.6. The fourth-order valence-electron chi connectivity index (χ4n) is 6.44. The Labute approximate surface area is 259 Å². The van der Waals surface area contributed by atoms with Crippen molar-refractivity contribution in [3.63, 3.8) is 0 Å². The van der Waals surface area contributed by atoms with E-state index in [-0.39, 0.29) is 53.5 Å². The number of aromatic amines is 1. The molecule has 12 heteroatoms. The van der Waals surface area contributed by atoms with Crippen molar-refractivity contribution >= 4 is 61.9 Å². The van der Waals surface area contributed by atoms with Crippen molar-refractivity contribution < 1.29 is 52.4 Å². The Morgan fingerprint density at radius 1 is 0.976 bits per heavy atom. The normalized spacial score (nSPS) is 19.3. The number of fused-ring (bicyclic) bond motifs is 1. The largest absolute Gasteiger partial charge is 1.00 e. The van der Waals surface area contributed by atoms with E-state index in [1.54, 1.807) is 11.0 Å². The van der Waals surface area contributed by atoms with Gasteiger partial charge in [-0.1, -0.05) is 40.5 Å². The molecule has 0 saturated carbocycles. The minimum atomic E-state index is -2.14. The van der Waals surface area contributed by atoms with Crippen molar-refractivity contribution in [2.75, 3.05) is 22.9 Å². The van der Waals surface area contributed by atoms with E-state index in [9.17, 15) is 22.8 Å². The van der Waals surface area contributed by atoms with Crippen LogP contribution in [0.4, 0.5) is 11.6 Å². The SMILES string of the molecule is O=C1CCC(N2C(=O)c3cccc4c(C5CCN(c6nc7ccc(C[S-](=O)=O)cc7[nH]6)CC5)ccc2c34)C(=O)N1.[Na+]. The number of carbonyl (C=O) groups is 3. The molecule has 3 aliphatic rings. The topological polar surface area (TPSA) is 133 Å². The van der Waals surface area contributed by atoms with Gasteiger partial charge in [0.2, 0.25) is 17.8 Å². The predicted molar refractivity (Wildman–Crippen MR) is 150 cm³/mol. The van der Waals surface area contributed by atoms with Gasteiger partial charge in [-0.05, 0) is 66.1 Å². The molecule has 0 radical (unpaired) electrons. The smallest absolute Gasteiger partial charge is 0.424 e. The summed E-state index contributed by atoms with van der Waals surface area (Å²) in [5.74, 6) is 0.117. The predicted octanol–water partition coefficient (Wildman–Crippen LogP) is 0.679. The third-order valence-corrected chi connectivity index (χ3v) is 8.90. The summed E-state index contributed by atoms with van der Waals surface area (Å²) >= 11 is 0. The molecule has 3 aliphatic heterocycles. The molecule has 4 heterocycles. The first kappa shape index (κ1) is 27.9. The third-order valence-electron chi connectivity index (χ3n) is 8.34. The summed E-state index contributed by atoms with van der Waals surface area (Å²) in [4.78, 5) is 49.6. The molecule has 1 aromatic heterocycles. The molecule has 0 bridgehead atoms. The molecular weight excluding hydrogens is 553 g/mol. The number of hydrogen-bond acceptors (Lipinski definition) is 8. The molecule has 4 aromatic rings. The Hall–Kier alpha value is -3.25. The number of imidazole rings is 1. The summed E-state index contributed by atoms with van der Waals surface area (Å²) in [6.45, 7) is 1.60. The molecule has 0 aliphatic carbocycles. The van der Waals surface area contributed by atoms with E-state index in [4.69, 9.17) is 4.98 Å². The van der Waals surface area contributed by atoms with Crippen molar-refractivity contribution in [3.8, 4) is 0 Å². The maximum atomic E-state index is 13.5. The van der Waals surface area contributed by atoms with Crippen molar-refractivity contribution in [3.05, 3.63) is 65.2 Å². The number of nitrogens with one attached hydrogen (secondary N) is 2. The molecule has 2 saturated heterocycles. The van der Waals surface area contributed by atoms with Crippen LogP contribution in [0.5, 0.6) is 0 Å². The van der Waals surface area contributed by atoms with Crippen LogP contribution in [-0.2, 0) is 34.5 Å². The van der Waals surface area contributed by atoms with Crippen LogP contribution >= 0.6 is 0 Å². The Morgan fingerprint density at radius 3 is 2.54 bits per heavy atom. The first-order chi connectivity index (χ1) is 19.4. The zero-order chi connectivity index (χ0) is 27.5. The average molecular weight is 580 g/mol. The molecule has 10 nitrogen and oxygen atoms in total. The number of piperidine rings is 2. The number of benzene rings is 3. The van der Waals surface area contributed by atoms with Gasteiger partial charge in [-0.25, -0.2) is 4.98 Å². The van der Waals surface area contributed by atoms with Crippen LogP contribution < -0.4 is 44.7 Å². The van der Waals surface area contributed by atoms with Crippen molar-refractivity contribution in [2.24, 2.45) is 0 Å². The van der Waals surface area contributed by atoms with Crippen molar-refractivity contribution in [2.45, 2.75) is 43.4 Å². The van der Waals surface area contributed by atoms with Crippen LogP contribution in [0.1, 0.15) is 53.1 Å². The summed E-state index contributed by atoms with van der Waals surface area (Å²) in [6.07, 6.45) is 2.33. The number of aromatic nitrogens is 2. The number of anilines is 2. The number of amides is 3. The van der Waals surface area contributed by atoms with Crippen LogP contribution in [0.25, 0.3) is 21.8 Å². The van der Waals surface area contributed by atoms with Crippen LogP contribution in [0.3, 0.4) is 0 Å². The van der Waals surface area contributed by atoms with E-state index >= 15 is 0 Å². The third kappa shape index (κ3) is 4.84. The Kier molecular flexibility index (Phi) is 7.39. The van der Waals surface area contributed by atoms with Crippen LogP contribution in [-0.4, -0.2) is 46.8 Å². The molecule has 3 aromatic carbocycles. The minimum Gasteiger partial charge on any atom is -0.424 e. The molecule has 1 unspecified atom stereocenters. The Morgan fingerprint density at radius 2 is 1.78 bits per heavy atom. The van der Waals surface area contributed by atoms with Crippen LogP contribution in [0, 0.1) is 0 Å². The molecule has 7 rings (SSSR count). The summed E-state index contributed by atoms with van der Waals surface area (Å²) in [6, 6.07) is 14.6. The molecule has 2 fully saturated rings. The summed E-state index contributed by atoms with van der Waals surface area (Å²) < 4.78 is 22.2. The van der Waals surface area contributed by atoms with Crippen LogP contribution in [0.2, 0.25) is 0 Å².